The van der Waals surface area contributed by atoms with Crippen molar-refractivity contribution in [3.05, 3.63) is 129 Å². The first-order valence-electron chi connectivity index (χ1n) is 20.0. The van der Waals surface area contributed by atoms with Gasteiger partial charge in [0.15, 0.2) is 0 Å². The van der Waals surface area contributed by atoms with Gasteiger partial charge in [-0.25, -0.2) is 0 Å². The Morgan fingerprint density at radius 2 is 1.08 bits per heavy atom. The second-order valence-electron chi connectivity index (χ2n) is 16.1. The summed E-state index contributed by atoms with van der Waals surface area (Å²) in [5, 5.41) is 0. The van der Waals surface area contributed by atoms with Crippen LogP contribution in [-0.2, 0) is 6.42 Å². The molecule has 3 fully saturated rings. The van der Waals surface area contributed by atoms with Crippen LogP contribution >= 0.6 is 7.92 Å². The lowest BCUT2D eigenvalue weighted by Crippen LogP contribution is -2.33. The molecule has 0 N–H and O–H groups in total. The molecule has 7 rings (SSSR count). The third-order valence-electron chi connectivity index (χ3n) is 12.2. The first-order valence-corrected chi connectivity index (χ1v) is 21.5. The molecule has 4 aliphatic rings. The van der Waals surface area contributed by atoms with Crippen molar-refractivity contribution >= 4 is 19.3 Å². The summed E-state index contributed by atoms with van der Waals surface area (Å²) in [6, 6.07) is 20.8. The Balaban J connectivity index is 1.44. The topological polar surface area (TPSA) is 6.48 Å². The summed E-state index contributed by atoms with van der Waals surface area (Å²) in [5.74, 6) is 1.39. The Morgan fingerprint density at radius 1 is 0.600 bits per heavy atom. The fourth-order valence-electron chi connectivity index (χ4n) is 10.3. The van der Waals surface area contributed by atoms with E-state index in [0.717, 1.165) is 24.2 Å². The molecule has 0 radical (unpaired) electrons. The van der Waals surface area contributed by atoms with E-state index in [0.29, 0.717) is 5.66 Å². The summed E-state index contributed by atoms with van der Waals surface area (Å²) in [5.41, 5.74) is 18.2. The van der Waals surface area contributed by atoms with Crippen molar-refractivity contribution in [3.63, 3.8) is 0 Å². The minimum absolute atomic E-state index is 0.106. The predicted octanol–water partition coefficient (Wildman–Crippen LogP) is 13.4. The standard InChI is InChI=1S/C47H61N2P/c1-33-29-35(3)45(36(4)30-33)48-27-28-49(46-37(5)31-34(2)32-38(46)6)47(48)43-23-16-24-44(42(43)26-25-39-17-10-7-11-18-39)50(40-19-12-8-13-20-40)41-21-14-9-15-22-41/h7,10-11,17-18,26-32,40-41,44H,8-9,12-16,19-25H2,1-6H3. The van der Waals surface area contributed by atoms with Crippen molar-refractivity contribution < 1.29 is 0 Å². The van der Waals surface area contributed by atoms with E-state index in [1.807, 2.05) is 0 Å². The molecular formula is C47H61N2P. The molecule has 2 nitrogen and oxygen atoms in total. The summed E-state index contributed by atoms with van der Waals surface area (Å²) in [6.45, 7) is 13.7. The molecule has 3 aromatic rings. The number of anilines is 2. The number of hydrogen-bond donors (Lipinski definition) is 0. The Kier molecular flexibility index (Phi) is 11.1. The number of rotatable bonds is 7. The van der Waals surface area contributed by atoms with Crippen LogP contribution in [0.1, 0.15) is 122 Å². The molecule has 50 heavy (non-hydrogen) atoms. The van der Waals surface area contributed by atoms with Gasteiger partial charge in [0.1, 0.15) is 5.82 Å². The van der Waals surface area contributed by atoms with Crippen LogP contribution in [0.25, 0.3) is 0 Å². The normalized spacial score (nSPS) is 21.7. The van der Waals surface area contributed by atoms with Gasteiger partial charge >= 0.3 is 0 Å². The lowest BCUT2D eigenvalue weighted by molar-refractivity contribution is 0.479. The SMILES string of the molecule is Cc1cc(C)c(N2C=CN(c3c(C)cc(C)cc3C)C2=C2CCCC(P(C3CCCCC3)C3CCCCC3)C2=CCc2ccccc2)c(C)c1. The lowest BCUT2D eigenvalue weighted by Gasteiger charge is -2.46. The maximum atomic E-state index is 2.74. The van der Waals surface area contributed by atoms with Gasteiger partial charge in [-0.15, -0.1) is 0 Å². The van der Waals surface area contributed by atoms with Crippen LogP contribution in [0.4, 0.5) is 11.4 Å². The highest BCUT2D eigenvalue weighted by molar-refractivity contribution is 7.60. The van der Waals surface area contributed by atoms with Crippen LogP contribution in [0.3, 0.4) is 0 Å². The molecule has 0 amide bonds. The molecule has 3 aliphatic carbocycles. The zero-order valence-corrected chi connectivity index (χ0v) is 32.8. The largest absolute Gasteiger partial charge is 0.301 e. The van der Waals surface area contributed by atoms with Crippen molar-refractivity contribution in [3.8, 4) is 0 Å². The van der Waals surface area contributed by atoms with Crippen molar-refractivity contribution in [1.82, 2.24) is 0 Å². The average Bonchev–Trinajstić information content (AvgIpc) is 3.51. The monoisotopic (exact) mass is 684 g/mol. The molecule has 264 valence electrons. The Bertz CT molecular complexity index is 1620. The van der Waals surface area contributed by atoms with Crippen molar-refractivity contribution in [2.45, 2.75) is 148 Å². The maximum Gasteiger partial charge on any atom is 0.125 e. The van der Waals surface area contributed by atoms with Crippen LogP contribution in [0, 0.1) is 41.5 Å². The summed E-state index contributed by atoms with van der Waals surface area (Å²) in [7, 11) is -0.106. The minimum Gasteiger partial charge on any atom is -0.301 e. The molecule has 0 spiro atoms. The third kappa shape index (κ3) is 7.30. The van der Waals surface area contributed by atoms with E-state index < -0.39 is 0 Å². The van der Waals surface area contributed by atoms with Gasteiger partial charge in [-0.1, -0.05) is 118 Å². The third-order valence-corrected chi connectivity index (χ3v) is 16.2. The van der Waals surface area contributed by atoms with E-state index in [4.69, 9.17) is 0 Å². The smallest absolute Gasteiger partial charge is 0.125 e. The average molecular weight is 685 g/mol. The zero-order chi connectivity index (χ0) is 34.8. The van der Waals surface area contributed by atoms with E-state index in [9.17, 15) is 0 Å². The van der Waals surface area contributed by atoms with Gasteiger partial charge in [-0.3, -0.25) is 0 Å². The molecule has 0 saturated heterocycles. The Hall–Kier alpha value is -3.09. The number of nitrogens with zero attached hydrogens (tertiary/aromatic N) is 2. The molecule has 3 heteroatoms. The molecule has 1 aliphatic heterocycles. The predicted molar refractivity (Wildman–Crippen MR) is 219 cm³/mol. The second-order valence-corrected chi connectivity index (χ2v) is 19.1. The van der Waals surface area contributed by atoms with Gasteiger partial charge in [0.05, 0.1) is 11.4 Å². The van der Waals surface area contributed by atoms with Crippen LogP contribution in [-0.4, -0.2) is 17.0 Å². The summed E-state index contributed by atoms with van der Waals surface area (Å²) >= 11 is 0. The number of aryl methyl sites for hydroxylation is 6. The Labute approximate surface area is 305 Å². The summed E-state index contributed by atoms with van der Waals surface area (Å²) in [6.07, 6.45) is 26.9. The fourth-order valence-corrected chi connectivity index (χ4v) is 14.9. The first kappa shape index (κ1) is 35.3. The van der Waals surface area contributed by atoms with Crippen molar-refractivity contribution in [2.75, 3.05) is 9.80 Å². The van der Waals surface area contributed by atoms with E-state index in [2.05, 4.69) is 124 Å². The highest BCUT2D eigenvalue weighted by atomic mass is 31.1. The molecular weight excluding hydrogens is 624 g/mol. The van der Waals surface area contributed by atoms with E-state index in [1.165, 1.54) is 133 Å². The van der Waals surface area contributed by atoms with Gasteiger partial charge in [0, 0.05) is 18.1 Å². The molecule has 0 bridgehead atoms. The van der Waals surface area contributed by atoms with Crippen LogP contribution in [0.2, 0.25) is 0 Å². The van der Waals surface area contributed by atoms with Gasteiger partial charge in [0.25, 0.3) is 0 Å². The van der Waals surface area contributed by atoms with Crippen LogP contribution in [0.15, 0.2) is 90.0 Å². The van der Waals surface area contributed by atoms with Crippen LogP contribution in [0.5, 0.6) is 0 Å². The molecule has 1 atom stereocenters. The van der Waals surface area contributed by atoms with Gasteiger partial charge in [-0.2, -0.15) is 0 Å². The fraction of sp³-hybridized carbons (Fsp3) is 0.489. The Morgan fingerprint density at radius 3 is 1.56 bits per heavy atom. The first-order chi connectivity index (χ1) is 24.3. The maximum absolute atomic E-state index is 2.74. The summed E-state index contributed by atoms with van der Waals surface area (Å²) in [4.78, 5) is 5.20. The van der Waals surface area contributed by atoms with Gasteiger partial charge < -0.3 is 9.80 Å². The van der Waals surface area contributed by atoms with E-state index in [1.54, 1.807) is 11.1 Å². The number of benzene rings is 3. The van der Waals surface area contributed by atoms with E-state index >= 15 is 0 Å². The highest BCUT2D eigenvalue weighted by Crippen LogP contribution is 2.64. The molecule has 3 aromatic carbocycles. The van der Waals surface area contributed by atoms with Crippen LogP contribution < -0.4 is 9.80 Å². The lowest BCUT2D eigenvalue weighted by atomic mass is 9.86. The molecule has 1 heterocycles. The van der Waals surface area contributed by atoms with Gasteiger partial charge in [-0.05, 0) is 143 Å². The zero-order valence-electron chi connectivity index (χ0n) is 31.9. The molecule has 1 unspecified atom stereocenters. The van der Waals surface area contributed by atoms with Crippen molar-refractivity contribution in [2.24, 2.45) is 0 Å². The summed E-state index contributed by atoms with van der Waals surface area (Å²) < 4.78 is 0. The van der Waals surface area contributed by atoms with E-state index in [-0.39, 0.29) is 7.92 Å². The second kappa shape index (κ2) is 15.7. The minimum atomic E-state index is -0.106. The quantitative estimate of drug-likeness (QED) is 0.229. The molecule has 3 saturated carbocycles. The molecule has 0 aromatic heterocycles. The van der Waals surface area contributed by atoms with Crippen molar-refractivity contribution in [1.29, 1.82) is 0 Å². The number of hydrogen-bond acceptors (Lipinski definition) is 2. The van der Waals surface area contributed by atoms with Gasteiger partial charge in [0.2, 0.25) is 0 Å². The number of allylic oxidation sites excluding steroid dienone is 3. The highest BCUT2D eigenvalue weighted by Gasteiger charge is 2.42.